The third kappa shape index (κ3) is 4.62. The van der Waals surface area contributed by atoms with Crippen molar-refractivity contribution in [2.24, 2.45) is 5.41 Å². The van der Waals surface area contributed by atoms with Gasteiger partial charge in [-0.15, -0.1) is 0 Å². The predicted molar refractivity (Wildman–Crippen MR) is 156 cm³/mol. The molecule has 8 nitrogen and oxygen atoms in total. The van der Waals surface area contributed by atoms with Gasteiger partial charge in [-0.1, -0.05) is 31.4 Å². The lowest BCUT2D eigenvalue weighted by molar-refractivity contribution is -0.146. The minimum atomic E-state index is -0.609. The standard InChI is InChI=1S/C31H30BrN5O3/c1-2-40-30(39)24(35-26-25(32)27(38)31(26)14-4-3-5-15-31)18-20-10-12-22(13-11-20)37-28(21-8-6-16-33-19-21)36-23-9-7-17-34-29(23)37/h6-13,16-17,19,24,35H,2-5,14-15,18H2,1H3/t24-/m0/s1. The molecule has 0 radical (unpaired) electrons. The number of hydrogen-bond acceptors (Lipinski definition) is 7. The lowest BCUT2D eigenvalue weighted by Crippen LogP contribution is -2.53. The van der Waals surface area contributed by atoms with Gasteiger partial charge in [-0.3, -0.25) is 14.3 Å². The summed E-state index contributed by atoms with van der Waals surface area (Å²) in [6.45, 7) is 2.09. The SMILES string of the molecule is CCOC(=O)[C@H](Cc1ccc(-n2c(-c3cccnc3)nc3cccnc32)cc1)NC1=C(Br)C(=O)C12CCCCC2. The Morgan fingerprint density at radius 2 is 1.88 bits per heavy atom. The Labute approximate surface area is 241 Å². The van der Waals surface area contributed by atoms with Gasteiger partial charge in [-0.25, -0.2) is 14.8 Å². The number of imidazole rings is 1. The van der Waals surface area contributed by atoms with E-state index in [1.54, 1.807) is 25.5 Å². The monoisotopic (exact) mass is 599 g/mol. The van der Waals surface area contributed by atoms with Gasteiger partial charge in [0.05, 0.1) is 16.5 Å². The maximum atomic E-state index is 13.1. The molecule has 1 N–H and O–H groups in total. The number of ketones is 1. The van der Waals surface area contributed by atoms with Crippen LogP contribution in [0.2, 0.25) is 0 Å². The number of nitrogens with zero attached hydrogens (tertiary/aromatic N) is 4. The Morgan fingerprint density at radius 1 is 1.10 bits per heavy atom. The second-order valence-electron chi connectivity index (χ2n) is 10.3. The number of benzene rings is 1. The van der Waals surface area contributed by atoms with E-state index in [1.807, 2.05) is 53.1 Å². The van der Waals surface area contributed by atoms with Crippen LogP contribution in [0.5, 0.6) is 0 Å². The number of allylic oxidation sites excluding steroid dienone is 2. The Kier molecular flexibility index (Phi) is 7.23. The Morgan fingerprint density at radius 3 is 2.60 bits per heavy atom. The molecular formula is C31H30BrN5O3. The predicted octanol–water partition coefficient (Wildman–Crippen LogP) is 5.69. The fourth-order valence-corrected chi connectivity index (χ4v) is 6.76. The fourth-order valence-electron chi connectivity index (χ4n) is 5.89. The smallest absolute Gasteiger partial charge is 0.328 e. The number of nitrogens with one attached hydrogen (secondary N) is 1. The summed E-state index contributed by atoms with van der Waals surface area (Å²) in [5.41, 5.74) is 4.66. The van der Waals surface area contributed by atoms with E-state index >= 15 is 0 Å². The van der Waals surface area contributed by atoms with Crippen molar-refractivity contribution in [3.63, 3.8) is 0 Å². The van der Waals surface area contributed by atoms with Crippen LogP contribution in [0.15, 0.2) is 77.3 Å². The number of esters is 1. The highest BCUT2D eigenvalue weighted by molar-refractivity contribution is 9.12. The lowest BCUT2D eigenvalue weighted by atomic mass is 9.62. The molecule has 0 bridgehead atoms. The highest BCUT2D eigenvalue weighted by atomic mass is 79.9. The van der Waals surface area contributed by atoms with Gasteiger partial charge in [0, 0.05) is 42.0 Å². The third-order valence-electron chi connectivity index (χ3n) is 7.90. The summed E-state index contributed by atoms with van der Waals surface area (Å²) in [6.07, 6.45) is 10.5. The number of rotatable bonds is 8. The molecule has 1 spiro atoms. The number of carbonyl (C=O) groups is 2. The molecule has 1 atom stereocenters. The molecule has 6 rings (SSSR count). The summed E-state index contributed by atoms with van der Waals surface area (Å²) in [4.78, 5) is 39.6. The first kappa shape index (κ1) is 26.4. The summed E-state index contributed by atoms with van der Waals surface area (Å²) in [5, 5.41) is 3.43. The number of hydrogen-bond donors (Lipinski definition) is 1. The van der Waals surface area contributed by atoms with E-state index in [9.17, 15) is 9.59 Å². The zero-order valence-electron chi connectivity index (χ0n) is 22.3. The number of carbonyl (C=O) groups excluding carboxylic acids is 2. The van der Waals surface area contributed by atoms with Gasteiger partial charge in [0.15, 0.2) is 11.4 Å². The number of halogens is 1. The molecular weight excluding hydrogens is 570 g/mol. The van der Waals surface area contributed by atoms with Gasteiger partial charge in [-0.2, -0.15) is 0 Å². The molecule has 1 fully saturated rings. The molecule has 204 valence electrons. The third-order valence-corrected chi connectivity index (χ3v) is 8.66. The highest BCUT2D eigenvalue weighted by Crippen LogP contribution is 2.53. The number of aromatic nitrogens is 4. The zero-order chi connectivity index (χ0) is 27.7. The molecule has 0 saturated heterocycles. The van der Waals surface area contributed by atoms with Crippen LogP contribution >= 0.6 is 15.9 Å². The number of fused-ring (bicyclic) bond motifs is 1. The molecule has 40 heavy (non-hydrogen) atoms. The first-order valence-electron chi connectivity index (χ1n) is 13.7. The van der Waals surface area contributed by atoms with E-state index in [4.69, 9.17) is 9.72 Å². The van der Waals surface area contributed by atoms with Crippen LogP contribution in [0.4, 0.5) is 0 Å². The Hall–Kier alpha value is -3.85. The van der Waals surface area contributed by atoms with Crippen molar-refractivity contribution in [1.82, 2.24) is 24.8 Å². The van der Waals surface area contributed by atoms with Crippen LogP contribution in [-0.2, 0) is 20.7 Å². The zero-order valence-corrected chi connectivity index (χ0v) is 23.9. The topological polar surface area (TPSA) is 99.0 Å². The van der Waals surface area contributed by atoms with Gasteiger partial charge in [-0.05, 0) is 77.7 Å². The van der Waals surface area contributed by atoms with Crippen LogP contribution in [0, 0.1) is 5.41 Å². The summed E-state index contributed by atoms with van der Waals surface area (Å²) >= 11 is 3.48. The van der Waals surface area contributed by atoms with Crippen molar-refractivity contribution < 1.29 is 14.3 Å². The summed E-state index contributed by atoms with van der Waals surface area (Å²) in [7, 11) is 0. The van der Waals surface area contributed by atoms with E-state index < -0.39 is 11.5 Å². The second-order valence-corrected chi connectivity index (χ2v) is 11.1. The van der Waals surface area contributed by atoms with Crippen LogP contribution in [0.25, 0.3) is 28.2 Å². The first-order valence-corrected chi connectivity index (χ1v) is 14.5. The Balaban J connectivity index is 1.30. The number of Topliss-reactive ketones (excluding diaryl/α,β-unsaturated/α-hetero) is 1. The quantitative estimate of drug-likeness (QED) is 0.260. The van der Waals surface area contributed by atoms with Crippen molar-refractivity contribution in [2.75, 3.05) is 6.61 Å². The van der Waals surface area contributed by atoms with E-state index in [1.165, 1.54) is 0 Å². The van der Waals surface area contributed by atoms with Crippen LogP contribution in [0.1, 0.15) is 44.6 Å². The van der Waals surface area contributed by atoms with Crippen molar-refractivity contribution in [1.29, 1.82) is 0 Å². The molecule has 1 saturated carbocycles. The van der Waals surface area contributed by atoms with Crippen molar-refractivity contribution >= 4 is 38.8 Å². The van der Waals surface area contributed by atoms with E-state index in [0.29, 0.717) is 10.9 Å². The summed E-state index contributed by atoms with van der Waals surface area (Å²) < 4.78 is 8.00. The average molecular weight is 601 g/mol. The summed E-state index contributed by atoms with van der Waals surface area (Å²) in [6, 6.07) is 15.1. The van der Waals surface area contributed by atoms with Crippen molar-refractivity contribution in [2.45, 2.75) is 51.5 Å². The average Bonchev–Trinajstić information content (AvgIpc) is 3.40. The van der Waals surface area contributed by atoms with Crippen LogP contribution < -0.4 is 5.32 Å². The Bertz CT molecular complexity index is 1590. The largest absolute Gasteiger partial charge is 0.464 e. The van der Waals surface area contributed by atoms with Gasteiger partial charge < -0.3 is 10.1 Å². The van der Waals surface area contributed by atoms with Gasteiger partial charge in [0.2, 0.25) is 0 Å². The molecule has 9 heteroatoms. The fraction of sp³-hybridized carbons (Fsp3) is 0.323. The minimum absolute atomic E-state index is 0.146. The molecule has 0 unspecified atom stereocenters. The normalized spacial score (nSPS) is 17.1. The van der Waals surface area contributed by atoms with Gasteiger partial charge in [0.1, 0.15) is 17.4 Å². The number of pyridine rings is 2. The molecule has 4 aromatic rings. The molecule has 2 aliphatic rings. The summed E-state index contributed by atoms with van der Waals surface area (Å²) in [5.74, 6) is 0.574. The molecule has 0 amide bonds. The van der Waals surface area contributed by atoms with E-state index in [2.05, 4.69) is 31.2 Å². The lowest BCUT2D eigenvalue weighted by Gasteiger charge is -2.46. The second kappa shape index (κ2) is 11.0. The van der Waals surface area contributed by atoms with Crippen molar-refractivity contribution in [3.05, 3.63) is 82.9 Å². The van der Waals surface area contributed by atoms with Gasteiger partial charge >= 0.3 is 5.97 Å². The molecule has 2 aliphatic carbocycles. The minimum Gasteiger partial charge on any atom is -0.464 e. The van der Waals surface area contributed by atoms with Crippen molar-refractivity contribution in [3.8, 4) is 17.1 Å². The van der Waals surface area contributed by atoms with Crippen LogP contribution in [-0.4, -0.2) is 43.9 Å². The highest BCUT2D eigenvalue weighted by Gasteiger charge is 2.53. The maximum absolute atomic E-state index is 13.1. The van der Waals surface area contributed by atoms with E-state index in [-0.39, 0.29) is 18.4 Å². The molecule has 0 aliphatic heterocycles. The van der Waals surface area contributed by atoms with Gasteiger partial charge in [0.25, 0.3) is 0 Å². The first-order chi connectivity index (χ1) is 19.5. The molecule has 1 aromatic carbocycles. The molecule has 3 aromatic heterocycles. The molecule has 3 heterocycles. The maximum Gasteiger partial charge on any atom is 0.328 e. The number of ether oxygens (including phenoxy) is 1. The van der Waals surface area contributed by atoms with Crippen LogP contribution in [0.3, 0.4) is 0 Å². The van der Waals surface area contributed by atoms with E-state index in [0.717, 1.165) is 71.6 Å².